The molecule has 5 heteroatoms. The standard InChI is InChI=1S/C13H20BrN3O/c1-8(2)7-10-11(14)12(15)17-13(16-10)9-3-5-18-6-4-9/h8-9H,3-7H2,1-2H3,(H2,15,16,17). The number of anilines is 1. The fourth-order valence-corrected chi connectivity index (χ4v) is 2.53. The third-order valence-corrected chi connectivity index (χ3v) is 4.01. The minimum absolute atomic E-state index is 0.389. The molecule has 0 saturated carbocycles. The van der Waals surface area contributed by atoms with Crippen LogP contribution < -0.4 is 5.73 Å². The highest BCUT2D eigenvalue weighted by Crippen LogP contribution is 2.29. The summed E-state index contributed by atoms with van der Waals surface area (Å²) in [5, 5.41) is 0. The Morgan fingerprint density at radius 3 is 2.61 bits per heavy atom. The number of hydrogen-bond donors (Lipinski definition) is 1. The zero-order valence-corrected chi connectivity index (χ0v) is 12.5. The number of nitrogens with zero attached hydrogens (tertiary/aromatic N) is 2. The lowest BCUT2D eigenvalue weighted by molar-refractivity contribution is 0.0835. The number of nitrogen functional groups attached to an aromatic ring is 1. The zero-order valence-electron chi connectivity index (χ0n) is 10.9. The third kappa shape index (κ3) is 3.20. The van der Waals surface area contributed by atoms with Crippen LogP contribution in [0.1, 0.15) is 44.1 Å². The topological polar surface area (TPSA) is 61.0 Å². The molecule has 1 aromatic rings. The minimum atomic E-state index is 0.389. The van der Waals surface area contributed by atoms with Gasteiger partial charge in [0.2, 0.25) is 0 Å². The molecule has 0 bridgehead atoms. The molecule has 4 nitrogen and oxygen atoms in total. The summed E-state index contributed by atoms with van der Waals surface area (Å²) in [4.78, 5) is 9.13. The Labute approximate surface area is 116 Å². The van der Waals surface area contributed by atoms with Gasteiger partial charge in [0.1, 0.15) is 11.6 Å². The molecule has 1 saturated heterocycles. The van der Waals surface area contributed by atoms with Gasteiger partial charge in [-0.2, -0.15) is 0 Å². The molecule has 1 aromatic heterocycles. The lowest BCUT2D eigenvalue weighted by atomic mass is 9.99. The van der Waals surface area contributed by atoms with Crippen LogP contribution in [-0.2, 0) is 11.2 Å². The van der Waals surface area contributed by atoms with Gasteiger partial charge in [-0.1, -0.05) is 13.8 Å². The van der Waals surface area contributed by atoms with Crippen LogP contribution in [0.4, 0.5) is 5.82 Å². The second kappa shape index (κ2) is 5.97. The summed E-state index contributed by atoms with van der Waals surface area (Å²) in [6.07, 6.45) is 2.90. The van der Waals surface area contributed by atoms with Crippen molar-refractivity contribution < 1.29 is 4.74 Å². The largest absolute Gasteiger partial charge is 0.383 e. The van der Waals surface area contributed by atoms with E-state index in [0.29, 0.717) is 17.7 Å². The molecule has 1 aliphatic rings. The summed E-state index contributed by atoms with van der Waals surface area (Å²) < 4.78 is 6.23. The van der Waals surface area contributed by atoms with Gasteiger partial charge in [0, 0.05) is 19.1 Å². The van der Waals surface area contributed by atoms with Crippen molar-refractivity contribution >= 4 is 21.7 Å². The lowest BCUT2D eigenvalue weighted by Crippen LogP contribution is -2.18. The second-order valence-electron chi connectivity index (χ2n) is 5.21. The Morgan fingerprint density at radius 2 is 2.00 bits per heavy atom. The first-order chi connectivity index (χ1) is 8.58. The molecule has 18 heavy (non-hydrogen) atoms. The molecule has 0 unspecified atom stereocenters. The van der Waals surface area contributed by atoms with Gasteiger partial charge >= 0.3 is 0 Å². The van der Waals surface area contributed by atoms with Crippen LogP contribution in [-0.4, -0.2) is 23.2 Å². The Kier molecular flexibility index (Phi) is 4.56. The average Bonchev–Trinajstić information content (AvgIpc) is 2.35. The fraction of sp³-hybridized carbons (Fsp3) is 0.692. The van der Waals surface area contributed by atoms with E-state index in [1.807, 2.05) is 0 Å². The number of rotatable bonds is 3. The van der Waals surface area contributed by atoms with Gasteiger partial charge in [0.25, 0.3) is 0 Å². The monoisotopic (exact) mass is 313 g/mol. The van der Waals surface area contributed by atoms with Crippen LogP contribution in [0.25, 0.3) is 0 Å². The fourth-order valence-electron chi connectivity index (χ4n) is 2.19. The molecule has 0 radical (unpaired) electrons. The summed E-state index contributed by atoms with van der Waals surface area (Å²) in [5.41, 5.74) is 7.00. The lowest BCUT2D eigenvalue weighted by Gasteiger charge is -2.22. The predicted octanol–water partition coefficient (Wildman–Crippen LogP) is 2.91. The van der Waals surface area contributed by atoms with E-state index in [1.54, 1.807) is 0 Å². The second-order valence-corrected chi connectivity index (χ2v) is 6.01. The van der Waals surface area contributed by atoms with Crippen molar-refractivity contribution in [2.24, 2.45) is 5.92 Å². The average molecular weight is 314 g/mol. The Morgan fingerprint density at radius 1 is 1.33 bits per heavy atom. The van der Waals surface area contributed by atoms with Gasteiger partial charge in [-0.15, -0.1) is 0 Å². The maximum atomic E-state index is 5.97. The molecule has 1 fully saturated rings. The highest BCUT2D eigenvalue weighted by molar-refractivity contribution is 9.10. The van der Waals surface area contributed by atoms with E-state index in [0.717, 1.165) is 48.5 Å². The van der Waals surface area contributed by atoms with E-state index < -0.39 is 0 Å². The maximum Gasteiger partial charge on any atom is 0.141 e. The predicted molar refractivity (Wildman–Crippen MR) is 75.5 cm³/mol. The molecule has 0 aliphatic carbocycles. The van der Waals surface area contributed by atoms with E-state index in [-0.39, 0.29) is 0 Å². The van der Waals surface area contributed by atoms with Crippen molar-refractivity contribution in [3.05, 3.63) is 16.0 Å². The van der Waals surface area contributed by atoms with Crippen molar-refractivity contribution in [1.29, 1.82) is 0 Å². The number of ether oxygens (including phenoxy) is 1. The van der Waals surface area contributed by atoms with Crippen molar-refractivity contribution in [1.82, 2.24) is 9.97 Å². The van der Waals surface area contributed by atoms with Gasteiger partial charge < -0.3 is 10.5 Å². The minimum Gasteiger partial charge on any atom is -0.383 e. The number of nitrogens with two attached hydrogens (primary N) is 1. The van der Waals surface area contributed by atoms with Crippen LogP contribution in [0.15, 0.2) is 4.47 Å². The molecular formula is C13H20BrN3O. The molecule has 0 amide bonds. The first-order valence-electron chi connectivity index (χ1n) is 6.47. The van der Waals surface area contributed by atoms with Gasteiger partial charge in [-0.3, -0.25) is 0 Å². The van der Waals surface area contributed by atoms with Crippen LogP contribution in [0.3, 0.4) is 0 Å². The van der Waals surface area contributed by atoms with E-state index in [2.05, 4.69) is 34.8 Å². The van der Waals surface area contributed by atoms with Crippen molar-refractivity contribution in [3.8, 4) is 0 Å². The Bertz CT molecular complexity index is 417. The molecule has 2 heterocycles. The molecule has 2 N–H and O–H groups in total. The van der Waals surface area contributed by atoms with Crippen molar-refractivity contribution in [2.45, 2.75) is 39.0 Å². The van der Waals surface area contributed by atoms with Gasteiger partial charge in [0.05, 0.1) is 10.2 Å². The van der Waals surface area contributed by atoms with E-state index in [9.17, 15) is 0 Å². The normalized spacial score (nSPS) is 17.3. The number of hydrogen-bond acceptors (Lipinski definition) is 4. The first kappa shape index (κ1) is 13.7. The zero-order chi connectivity index (χ0) is 13.1. The highest BCUT2D eigenvalue weighted by atomic mass is 79.9. The van der Waals surface area contributed by atoms with Crippen LogP contribution >= 0.6 is 15.9 Å². The molecule has 0 spiro atoms. The highest BCUT2D eigenvalue weighted by Gasteiger charge is 2.21. The summed E-state index contributed by atoms with van der Waals surface area (Å²) in [5.74, 6) is 2.38. The molecule has 0 aromatic carbocycles. The third-order valence-electron chi connectivity index (χ3n) is 3.15. The van der Waals surface area contributed by atoms with E-state index in [4.69, 9.17) is 15.5 Å². The molecule has 1 aliphatic heterocycles. The van der Waals surface area contributed by atoms with Gasteiger partial charge in [0.15, 0.2) is 0 Å². The molecule has 100 valence electrons. The van der Waals surface area contributed by atoms with Gasteiger partial charge in [-0.25, -0.2) is 9.97 Å². The molecule has 0 atom stereocenters. The van der Waals surface area contributed by atoms with Crippen LogP contribution in [0.2, 0.25) is 0 Å². The van der Waals surface area contributed by atoms with E-state index in [1.165, 1.54) is 0 Å². The summed E-state index contributed by atoms with van der Waals surface area (Å²) in [6, 6.07) is 0. The van der Waals surface area contributed by atoms with Crippen LogP contribution in [0.5, 0.6) is 0 Å². The maximum absolute atomic E-state index is 5.97. The first-order valence-corrected chi connectivity index (χ1v) is 7.26. The van der Waals surface area contributed by atoms with Crippen LogP contribution in [0, 0.1) is 5.92 Å². The van der Waals surface area contributed by atoms with Crippen molar-refractivity contribution in [2.75, 3.05) is 18.9 Å². The Hall–Kier alpha value is -0.680. The molecule has 2 rings (SSSR count). The Balaban J connectivity index is 2.27. The number of halogens is 1. The summed E-state index contributed by atoms with van der Waals surface area (Å²) >= 11 is 3.49. The SMILES string of the molecule is CC(C)Cc1nc(C2CCOCC2)nc(N)c1Br. The molecular weight excluding hydrogens is 294 g/mol. The summed E-state index contributed by atoms with van der Waals surface area (Å²) in [6.45, 7) is 5.95. The van der Waals surface area contributed by atoms with E-state index >= 15 is 0 Å². The summed E-state index contributed by atoms with van der Waals surface area (Å²) in [7, 11) is 0. The quantitative estimate of drug-likeness (QED) is 0.932. The van der Waals surface area contributed by atoms with Crippen molar-refractivity contribution in [3.63, 3.8) is 0 Å². The van der Waals surface area contributed by atoms with Gasteiger partial charge in [-0.05, 0) is 41.1 Å². The smallest absolute Gasteiger partial charge is 0.141 e. The number of aromatic nitrogens is 2.